The van der Waals surface area contributed by atoms with Gasteiger partial charge < -0.3 is 24.0 Å². The summed E-state index contributed by atoms with van der Waals surface area (Å²) in [5.41, 5.74) is -1.34. The average Bonchev–Trinajstić information content (AvgIpc) is 3.00. The molecular weight excluding hydrogens is 618 g/mol. The zero-order chi connectivity index (χ0) is 34.1. The molecule has 0 atom stereocenters. The first-order chi connectivity index (χ1) is 21.8. The summed E-state index contributed by atoms with van der Waals surface area (Å²) in [4.78, 5) is 37.2. The van der Waals surface area contributed by atoms with Crippen LogP contribution >= 0.6 is 11.6 Å². The van der Waals surface area contributed by atoms with Gasteiger partial charge in [0.05, 0.1) is 0 Å². The molecule has 0 bridgehead atoms. The second-order valence-electron chi connectivity index (χ2n) is 11.8. The quantitative estimate of drug-likeness (QED) is 0.243. The fourth-order valence-electron chi connectivity index (χ4n) is 4.56. The van der Waals surface area contributed by atoms with Gasteiger partial charge in [0.2, 0.25) is 0 Å². The average molecular weight is 659 g/mol. The van der Waals surface area contributed by atoms with E-state index in [4.69, 9.17) is 33.9 Å². The van der Waals surface area contributed by atoms with Crippen LogP contribution in [0.25, 0.3) is 0 Å². The molecule has 2 aromatic rings. The number of piperidine rings is 2. The molecule has 2 saturated heterocycles. The van der Waals surface area contributed by atoms with E-state index in [1.807, 2.05) is 20.8 Å². The standard InChI is InChI=1S/C15H16FNO2.C13H21NO2.C7H4ClFO2/c1-2-3-12-8-10-17(11-9-12)15(18)19-14-6-4-13(16)5-7-14;1-5-6-11-7-9-14(10-8-11)12(15)16-13(2,3)4;8-7(10)11-6-3-1-5(9)2-4-6/h1,4-7,12H,3,8-11H2;1,11H,6-10H2,2-4H3;1-4H. The van der Waals surface area contributed by atoms with E-state index in [1.54, 1.807) is 9.80 Å². The van der Waals surface area contributed by atoms with Crippen molar-refractivity contribution in [3.63, 3.8) is 0 Å². The molecule has 2 aliphatic rings. The van der Waals surface area contributed by atoms with Crippen molar-refractivity contribution in [3.05, 3.63) is 60.2 Å². The van der Waals surface area contributed by atoms with Crippen LogP contribution in [0, 0.1) is 48.2 Å². The van der Waals surface area contributed by atoms with Gasteiger partial charge in [-0.05, 0) is 107 Å². The number of carbonyl (C=O) groups is 3. The van der Waals surface area contributed by atoms with Gasteiger partial charge in [-0.15, -0.1) is 24.7 Å². The Balaban J connectivity index is 0.000000249. The van der Waals surface area contributed by atoms with E-state index in [-0.39, 0.29) is 29.6 Å². The number of amides is 2. The third kappa shape index (κ3) is 15.1. The molecule has 8 nitrogen and oxygen atoms in total. The minimum absolute atomic E-state index is 0.202. The van der Waals surface area contributed by atoms with Gasteiger partial charge in [0.1, 0.15) is 28.7 Å². The Bertz CT molecular complexity index is 1330. The maximum absolute atomic E-state index is 12.7. The molecule has 2 aromatic carbocycles. The van der Waals surface area contributed by atoms with Crippen molar-refractivity contribution in [2.24, 2.45) is 11.8 Å². The lowest BCUT2D eigenvalue weighted by Gasteiger charge is -2.32. The van der Waals surface area contributed by atoms with Gasteiger partial charge in [0, 0.05) is 50.6 Å². The Hall–Kier alpha value is -4.28. The summed E-state index contributed by atoms with van der Waals surface area (Å²) in [6.07, 6.45) is 15.4. The summed E-state index contributed by atoms with van der Waals surface area (Å²) in [6, 6.07) is 10.4. The highest BCUT2D eigenvalue weighted by molar-refractivity contribution is 6.61. The molecule has 0 radical (unpaired) electrons. The summed E-state index contributed by atoms with van der Waals surface area (Å²) in [5.74, 6) is 6.26. The van der Waals surface area contributed by atoms with E-state index in [1.165, 1.54) is 48.5 Å². The van der Waals surface area contributed by atoms with Gasteiger partial charge in [0.25, 0.3) is 0 Å². The van der Waals surface area contributed by atoms with Crippen molar-refractivity contribution in [1.29, 1.82) is 0 Å². The summed E-state index contributed by atoms with van der Waals surface area (Å²) in [7, 11) is 0. The molecule has 0 aliphatic carbocycles. The predicted octanol–water partition coefficient (Wildman–Crippen LogP) is 8.28. The number of likely N-dealkylation sites (tertiary alicyclic amines) is 2. The molecule has 46 heavy (non-hydrogen) atoms. The predicted molar refractivity (Wildman–Crippen MR) is 172 cm³/mol. The van der Waals surface area contributed by atoms with Crippen molar-refractivity contribution >= 4 is 29.2 Å². The van der Waals surface area contributed by atoms with Crippen LogP contribution < -0.4 is 9.47 Å². The molecule has 0 aromatic heterocycles. The summed E-state index contributed by atoms with van der Waals surface area (Å²) >= 11 is 4.90. The second-order valence-corrected chi connectivity index (χ2v) is 12.1. The molecule has 2 amide bonds. The highest BCUT2D eigenvalue weighted by Crippen LogP contribution is 2.23. The summed E-state index contributed by atoms with van der Waals surface area (Å²) < 4.78 is 39.9. The number of rotatable bonds is 4. The van der Waals surface area contributed by atoms with Gasteiger partial charge in [-0.2, -0.15) is 0 Å². The van der Waals surface area contributed by atoms with Crippen LogP contribution in [0.3, 0.4) is 0 Å². The third-order valence-corrected chi connectivity index (χ3v) is 7.06. The van der Waals surface area contributed by atoms with Gasteiger partial charge >= 0.3 is 17.6 Å². The molecule has 248 valence electrons. The number of terminal acetylenes is 2. The first kappa shape index (κ1) is 37.9. The minimum atomic E-state index is -0.934. The monoisotopic (exact) mass is 658 g/mol. The van der Waals surface area contributed by atoms with E-state index in [0.717, 1.165) is 51.6 Å². The first-order valence-electron chi connectivity index (χ1n) is 15.0. The number of ether oxygens (including phenoxy) is 3. The van der Waals surface area contributed by atoms with Crippen LogP contribution in [0.1, 0.15) is 59.3 Å². The van der Waals surface area contributed by atoms with Crippen LogP contribution in [0.5, 0.6) is 11.5 Å². The normalized spacial score (nSPS) is 15.0. The Morgan fingerprint density at radius 1 is 0.739 bits per heavy atom. The topological polar surface area (TPSA) is 85.4 Å². The van der Waals surface area contributed by atoms with Gasteiger partial charge in [-0.1, -0.05) is 0 Å². The summed E-state index contributed by atoms with van der Waals surface area (Å²) in [6.45, 7) is 8.50. The van der Waals surface area contributed by atoms with Gasteiger partial charge in [-0.3, -0.25) is 0 Å². The van der Waals surface area contributed by atoms with Crippen molar-refractivity contribution in [1.82, 2.24) is 9.80 Å². The lowest BCUT2D eigenvalue weighted by atomic mass is 9.94. The number of halogens is 3. The zero-order valence-electron chi connectivity index (χ0n) is 26.5. The lowest BCUT2D eigenvalue weighted by Crippen LogP contribution is -2.41. The SMILES string of the molecule is C#CCC1CCN(C(=O)OC(C)(C)C)CC1.C#CCC1CCN(C(=O)Oc2ccc(F)cc2)CC1.O=C(Cl)Oc1ccc(F)cc1. The number of benzene rings is 2. The molecule has 0 unspecified atom stereocenters. The van der Waals surface area contributed by atoms with Crippen LogP contribution in [0.15, 0.2) is 48.5 Å². The van der Waals surface area contributed by atoms with E-state index in [9.17, 15) is 23.2 Å². The Kier molecular flexibility index (Phi) is 15.9. The smallest absolute Gasteiger partial charge is 0.415 e. The highest BCUT2D eigenvalue weighted by Gasteiger charge is 2.26. The van der Waals surface area contributed by atoms with E-state index >= 15 is 0 Å². The Morgan fingerprint density at radius 3 is 1.46 bits per heavy atom. The second kappa shape index (κ2) is 19.3. The van der Waals surface area contributed by atoms with Crippen molar-refractivity contribution in [2.75, 3.05) is 26.2 Å². The van der Waals surface area contributed by atoms with Crippen LogP contribution in [0.2, 0.25) is 0 Å². The van der Waals surface area contributed by atoms with E-state index in [2.05, 4.69) is 16.6 Å². The molecular formula is C35H41ClF2N2O6. The largest absolute Gasteiger partial charge is 0.444 e. The number of hydrogen-bond donors (Lipinski definition) is 0. The van der Waals surface area contributed by atoms with Crippen molar-refractivity contribution in [3.8, 4) is 36.2 Å². The van der Waals surface area contributed by atoms with Crippen LogP contribution in [0.4, 0.5) is 23.2 Å². The molecule has 2 heterocycles. The number of carbonyl (C=O) groups excluding carboxylic acids is 3. The molecule has 0 N–H and O–H groups in total. The van der Waals surface area contributed by atoms with E-state index < -0.39 is 11.0 Å². The molecule has 0 saturated carbocycles. The Morgan fingerprint density at radius 2 is 1.11 bits per heavy atom. The van der Waals surface area contributed by atoms with Crippen molar-refractivity contribution < 1.29 is 37.4 Å². The molecule has 11 heteroatoms. The molecule has 2 aliphatic heterocycles. The van der Waals surface area contributed by atoms with Crippen LogP contribution in [-0.2, 0) is 4.74 Å². The summed E-state index contributed by atoms with van der Waals surface area (Å²) in [5, 5.41) is 0. The third-order valence-electron chi connectivity index (χ3n) is 6.98. The molecule has 2 fully saturated rings. The maximum Gasteiger partial charge on any atom is 0.415 e. The fraction of sp³-hybridized carbons (Fsp3) is 0.457. The minimum Gasteiger partial charge on any atom is -0.444 e. The highest BCUT2D eigenvalue weighted by atomic mass is 35.5. The lowest BCUT2D eigenvalue weighted by molar-refractivity contribution is 0.0185. The maximum atomic E-state index is 12.7. The van der Waals surface area contributed by atoms with Crippen LogP contribution in [-0.4, -0.2) is 59.2 Å². The number of nitrogens with zero attached hydrogens (tertiary/aromatic N) is 2. The van der Waals surface area contributed by atoms with Gasteiger partial charge in [-0.25, -0.2) is 23.2 Å². The first-order valence-corrected chi connectivity index (χ1v) is 15.4. The van der Waals surface area contributed by atoms with Crippen molar-refractivity contribution in [2.45, 2.75) is 64.9 Å². The molecule has 0 spiro atoms. The fourth-order valence-corrected chi connectivity index (χ4v) is 4.65. The van der Waals surface area contributed by atoms with E-state index in [0.29, 0.717) is 30.7 Å². The zero-order valence-corrected chi connectivity index (χ0v) is 27.2. The number of hydrogen-bond acceptors (Lipinski definition) is 6. The van der Waals surface area contributed by atoms with Gasteiger partial charge in [0.15, 0.2) is 0 Å². The molecule has 4 rings (SSSR count). The Labute approximate surface area is 275 Å².